The van der Waals surface area contributed by atoms with Crippen molar-refractivity contribution in [2.24, 2.45) is 4.99 Å². The molecule has 0 radical (unpaired) electrons. The fraction of sp³-hybridized carbons (Fsp3) is 0.250. The van der Waals surface area contributed by atoms with E-state index in [9.17, 15) is 9.59 Å². The van der Waals surface area contributed by atoms with Crippen LogP contribution in [0, 0.1) is 0 Å². The Kier molecular flexibility index (Phi) is 4.93. The number of aromatic carboxylic acids is 1. The molecule has 1 aliphatic rings. The van der Waals surface area contributed by atoms with Gasteiger partial charge in [0, 0.05) is 13.0 Å². The topological polar surface area (TPSA) is 70.0 Å². The van der Waals surface area contributed by atoms with Crippen LogP contribution >= 0.6 is 0 Å². The number of amides is 2. The van der Waals surface area contributed by atoms with E-state index >= 15 is 0 Å². The summed E-state index contributed by atoms with van der Waals surface area (Å²) < 4.78 is 0. The summed E-state index contributed by atoms with van der Waals surface area (Å²) in [5, 5.41) is 8.98. The number of benzene rings is 2. The fourth-order valence-electron chi connectivity index (χ4n) is 2.97. The molecule has 0 saturated heterocycles. The molecule has 0 spiro atoms. The van der Waals surface area contributed by atoms with E-state index in [-0.39, 0.29) is 11.6 Å². The van der Waals surface area contributed by atoms with Crippen LogP contribution in [-0.4, -0.2) is 34.4 Å². The van der Waals surface area contributed by atoms with Crippen molar-refractivity contribution in [3.63, 3.8) is 0 Å². The smallest absolute Gasteiger partial charge is 0.350 e. The molecule has 5 heteroatoms. The molecule has 1 N–H and O–H groups in total. The van der Waals surface area contributed by atoms with Gasteiger partial charge in [-0.2, -0.15) is 4.99 Å². The van der Waals surface area contributed by atoms with E-state index < -0.39 is 5.97 Å². The highest BCUT2D eigenvalue weighted by molar-refractivity contribution is 6.11. The summed E-state index contributed by atoms with van der Waals surface area (Å²) in [5.74, 6) is -0.0354. The molecule has 25 heavy (non-hydrogen) atoms. The molecule has 0 saturated carbocycles. The van der Waals surface area contributed by atoms with Crippen molar-refractivity contribution < 1.29 is 14.7 Å². The lowest BCUT2D eigenvalue weighted by molar-refractivity contribution is 0.0697. The Morgan fingerprint density at radius 2 is 1.84 bits per heavy atom. The lowest BCUT2D eigenvalue weighted by Gasteiger charge is -2.27. The van der Waals surface area contributed by atoms with E-state index in [0.29, 0.717) is 6.54 Å². The average molecular weight is 336 g/mol. The molecule has 128 valence electrons. The lowest BCUT2D eigenvalue weighted by atomic mass is 9.99. The monoisotopic (exact) mass is 336 g/mol. The summed E-state index contributed by atoms with van der Waals surface area (Å²) in [6, 6.07) is 15.0. The van der Waals surface area contributed by atoms with E-state index in [2.05, 4.69) is 17.1 Å². The van der Waals surface area contributed by atoms with Crippen LogP contribution < -0.4 is 0 Å². The number of hydrogen-bond acceptors (Lipinski definition) is 2. The normalized spacial score (nSPS) is 13.4. The van der Waals surface area contributed by atoms with Crippen molar-refractivity contribution in [2.75, 3.05) is 6.54 Å². The van der Waals surface area contributed by atoms with E-state index in [0.717, 1.165) is 36.2 Å². The molecule has 5 nitrogen and oxygen atoms in total. The van der Waals surface area contributed by atoms with Crippen LogP contribution in [0.4, 0.5) is 4.79 Å². The van der Waals surface area contributed by atoms with Crippen molar-refractivity contribution >= 4 is 17.8 Å². The van der Waals surface area contributed by atoms with Gasteiger partial charge in [0.05, 0.1) is 5.56 Å². The van der Waals surface area contributed by atoms with Gasteiger partial charge in [-0.25, -0.2) is 9.59 Å². The second kappa shape index (κ2) is 7.30. The molecule has 1 heterocycles. The molecule has 0 fully saturated rings. The Balaban J connectivity index is 1.63. The number of carbonyl (C=O) groups is 2. The summed E-state index contributed by atoms with van der Waals surface area (Å²) in [5.41, 5.74) is 3.57. The molecule has 0 aromatic heterocycles. The predicted molar refractivity (Wildman–Crippen MR) is 97.0 cm³/mol. The van der Waals surface area contributed by atoms with Gasteiger partial charge in [0.1, 0.15) is 5.84 Å². The van der Waals surface area contributed by atoms with Gasteiger partial charge >= 0.3 is 12.0 Å². The summed E-state index contributed by atoms with van der Waals surface area (Å²) in [7, 11) is 0. The van der Waals surface area contributed by atoms with Gasteiger partial charge in [-0.1, -0.05) is 36.4 Å². The molecule has 0 aliphatic carbocycles. The number of aryl methyl sites for hydroxylation is 1. The summed E-state index contributed by atoms with van der Waals surface area (Å²) in [4.78, 5) is 27.9. The Morgan fingerprint density at radius 1 is 1.08 bits per heavy atom. The predicted octanol–water partition coefficient (Wildman–Crippen LogP) is 4.23. The SMILES string of the molecule is CCN1C(=O)N=C1CCCc1cccc(-c2ccc(C(=O)O)cc2)c1. The average Bonchev–Trinajstić information content (AvgIpc) is 2.61. The van der Waals surface area contributed by atoms with Gasteiger partial charge in [-0.15, -0.1) is 0 Å². The van der Waals surface area contributed by atoms with Gasteiger partial charge in [-0.3, -0.25) is 4.90 Å². The first-order valence-electron chi connectivity index (χ1n) is 8.40. The highest BCUT2D eigenvalue weighted by atomic mass is 16.4. The van der Waals surface area contributed by atoms with Crippen molar-refractivity contribution in [2.45, 2.75) is 26.2 Å². The van der Waals surface area contributed by atoms with Crippen molar-refractivity contribution in [1.82, 2.24) is 4.90 Å². The van der Waals surface area contributed by atoms with E-state index in [4.69, 9.17) is 5.11 Å². The third-order valence-electron chi connectivity index (χ3n) is 4.34. The first-order valence-corrected chi connectivity index (χ1v) is 8.40. The third kappa shape index (κ3) is 3.76. The number of amidine groups is 1. The Bertz CT molecular complexity index is 825. The molecule has 2 amide bonds. The maximum Gasteiger partial charge on any atom is 0.350 e. The Morgan fingerprint density at radius 3 is 2.48 bits per heavy atom. The number of rotatable bonds is 7. The van der Waals surface area contributed by atoms with Gasteiger partial charge in [0.15, 0.2) is 0 Å². The molecule has 0 unspecified atom stereocenters. The summed E-state index contributed by atoms with van der Waals surface area (Å²) >= 11 is 0. The van der Waals surface area contributed by atoms with Crippen molar-refractivity contribution in [3.8, 4) is 11.1 Å². The van der Waals surface area contributed by atoms with Gasteiger partial charge < -0.3 is 5.11 Å². The molecule has 2 aromatic carbocycles. The van der Waals surface area contributed by atoms with Gasteiger partial charge in [-0.05, 0) is 48.6 Å². The Labute approximate surface area is 146 Å². The van der Waals surface area contributed by atoms with E-state index in [1.165, 1.54) is 5.56 Å². The van der Waals surface area contributed by atoms with Crippen LogP contribution in [0.3, 0.4) is 0 Å². The second-order valence-electron chi connectivity index (χ2n) is 5.99. The van der Waals surface area contributed by atoms with Crippen LogP contribution in [0.1, 0.15) is 35.7 Å². The zero-order chi connectivity index (χ0) is 17.8. The number of carboxylic acids is 1. The zero-order valence-corrected chi connectivity index (χ0v) is 14.1. The molecule has 0 bridgehead atoms. The third-order valence-corrected chi connectivity index (χ3v) is 4.34. The summed E-state index contributed by atoms with van der Waals surface area (Å²) in [6.07, 6.45) is 2.65. The molecule has 0 atom stereocenters. The highest BCUT2D eigenvalue weighted by Crippen LogP contribution is 2.22. The van der Waals surface area contributed by atoms with Crippen LogP contribution in [-0.2, 0) is 6.42 Å². The van der Waals surface area contributed by atoms with Crippen LogP contribution in [0.25, 0.3) is 11.1 Å². The molecule has 2 aromatic rings. The zero-order valence-electron chi connectivity index (χ0n) is 14.1. The van der Waals surface area contributed by atoms with Crippen molar-refractivity contribution in [1.29, 1.82) is 0 Å². The Hall–Kier alpha value is -2.95. The van der Waals surface area contributed by atoms with Gasteiger partial charge in [0.2, 0.25) is 0 Å². The number of aliphatic imine (C=N–C) groups is 1. The quantitative estimate of drug-likeness (QED) is 0.822. The number of carbonyl (C=O) groups excluding carboxylic acids is 1. The van der Waals surface area contributed by atoms with E-state index in [1.54, 1.807) is 17.0 Å². The molecular formula is C20H20N2O3. The fourth-order valence-corrected chi connectivity index (χ4v) is 2.97. The van der Waals surface area contributed by atoms with Crippen LogP contribution in [0.2, 0.25) is 0 Å². The number of hydrogen-bond donors (Lipinski definition) is 1. The van der Waals surface area contributed by atoms with Crippen LogP contribution in [0.15, 0.2) is 53.5 Å². The number of urea groups is 1. The number of carboxylic acid groups (broad SMARTS) is 1. The largest absolute Gasteiger partial charge is 0.478 e. The minimum atomic E-state index is -0.918. The highest BCUT2D eigenvalue weighted by Gasteiger charge is 2.26. The second-order valence-corrected chi connectivity index (χ2v) is 5.99. The first-order chi connectivity index (χ1) is 12.1. The van der Waals surface area contributed by atoms with Crippen molar-refractivity contribution in [3.05, 3.63) is 59.7 Å². The molecular weight excluding hydrogens is 316 g/mol. The molecule has 3 rings (SSSR count). The first kappa shape index (κ1) is 16.9. The standard InChI is InChI=1S/C20H20N2O3/c1-2-22-18(21-20(22)25)8-4-6-14-5-3-7-17(13-14)15-9-11-16(12-10-15)19(23)24/h3,5,7,9-13H,2,4,6,8H2,1H3,(H,23,24). The molecule has 1 aliphatic heterocycles. The minimum Gasteiger partial charge on any atom is -0.478 e. The minimum absolute atomic E-state index is 0.135. The number of nitrogens with zero attached hydrogens (tertiary/aromatic N) is 2. The van der Waals surface area contributed by atoms with Crippen LogP contribution in [0.5, 0.6) is 0 Å². The maximum absolute atomic E-state index is 11.3. The lowest BCUT2D eigenvalue weighted by Crippen LogP contribution is -2.43. The van der Waals surface area contributed by atoms with E-state index in [1.807, 2.05) is 31.2 Å². The van der Waals surface area contributed by atoms with Gasteiger partial charge in [0.25, 0.3) is 0 Å². The maximum atomic E-state index is 11.3. The summed E-state index contributed by atoms with van der Waals surface area (Å²) in [6.45, 7) is 2.63.